The summed E-state index contributed by atoms with van der Waals surface area (Å²) in [4.78, 5) is 0. The third-order valence-electron chi connectivity index (χ3n) is 9.42. The highest BCUT2D eigenvalue weighted by Gasteiger charge is 2.41. The van der Waals surface area contributed by atoms with Crippen molar-refractivity contribution >= 4 is 0 Å². The molecule has 2 saturated heterocycles. The van der Waals surface area contributed by atoms with Gasteiger partial charge in [-0.2, -0.15) is 0 Å². The maximum absolute atomic E-state index is 6.20. The molecule has 4 unspecified atom stereocenters. The van der Waals surface area contributed by atoms with Gasteiger partial charge in [0.25, 0.3) is 0 Å². The zero-order valence-electron chi connectivity index (χ0n) is 27.1. The Bertz CT molecular complexity index is 1240. The second-order valence-corrected chi connectivity index (χ2v) is 12.8. The molecule has 0 spiro atoms. The SMILES string of the molecule is CCCC(CCOc1ccc(C2(c3ccc(OCCC(CCC)OCC4CO4)cc3)CCc3ccccc32)cc1)OCC1CO1. The summed E-state index contributed by atoms with van der Waals surface area (Å²) < 4.78 is 35.2. The molecule has 3 aromatic carbocycles. The van der Waals surface area contributed by atoms with Crippen molar-refractivity contribution in [3.63, 3.8) is 0 Å². The van der Waals surface area contributed by atoms with Crippen LogP contribution in [0.1, 0.15) is 81.0 Å². The molecule has 0 amide bonds. The minimum absolute atomic E-state index is 0.205. The number of aryl methyl sites for hydroxylation is 1. The van der Waals surface area contributed by atoms with Crippen molar-refractivity contribution in [2.24, 2.45) is 0 Å². The Labute approximate surface area is 269 Å². The molecular weight excluding hydrogens is 564 g/mol. The molecule has 0 N–H and O–H groups in total. The highest BCUT2D eigenvalue weighted by atomic mass is 16.6. The molecule has 1 aliphatic carbocycles. The molecule has 2 aliphatic heterocycles. The quantitative estimate of drug-likeness (QED) is 0.122. The van der Waals surface area contributed by atoms with Crippen molar-refractivity contribution in [2.75, 3.05) is 39.6 Å². The average Bonchev–Trinajstić information content (AvgIpc) is 4.02. The first-order chi connectivity index (χ1) is 22.2. The van der Waals surface area contributed by atoms with Crippen LogP contribution in [0.2, 0.25) is 0 Å². The van der Waals surface area contributed by atoms with Crippen LogP contribution in [-0.4, -0.2) is 64.1 Å². The molecule has 0 radical (unpaired) electrons. The van der Waals surface area contributed by atoms with Crippen molar-refractivity contribution in [1.29, 1.82) is 0 Å². The zero-order chi connectivity index (χ0) is 30.9. The summed E-state index contributed by atoms with van der Waals surface area (Å²) in [6.07, 6.45) is 9.20. The summed E-state index contributed by atoms with van der Waals surface area (Å²) in [7, 11) is 0. The Balaban J connectivity index is 1.10. The van der Waals surface area contributed by atoms with Crippen LogP contribution in [0.15, 0.2) is 72.8 Å². The van der Waals surface area contributed by atoms with Gasteiger partial charge < -0.3 is 28.4 Å². The van der Waals surface area contributed by atoms with E-state index in [2.05, 4.69) is 86.6 Å². The molecular formula is C39H50O6. The third-order valence-corrected chi connectivity index (χ3v) is 9.42. The number of hydrogen-bond donors (Lipinski definition) is 0. The van der Waals surface area contributed by atoms with Crippen molar-refractivity contribution in [3.8, 4) is 11.5 Å². The minimum atomic E-state index is -0.205. The lowest BCUT2D eigenvalue weighted by atomic mass is 9.70. The van der Waals surface area contributed by atoms with Crippen molar-refractivity contribution in [1.82, 2.24) is 0 Å². The second kappa shape index (κ2) is 15.6. The highest BCUT2D eigenvalue weighted by molar-refractivity contribution is 5.57. The van der Waals surface area contributed by atoms with Crippen molar-refractivity contribution in [3.05, 3.63) is 95.1 Å². The summed E-state index contributed by atoms with van der Waals surface area (Å²) in [5, 5.41) is 0. The molecule has 6 heteroatoms. The molecule has 45 heavy (non-hydrogen) atoms. The fraction of sp³-hybridized carbons (Fsp3) is 0.538. The molecule has 2 heterocycles. The van der Waals surface area contributed by atoms with E-state index in [1.54, 1.807) is 0 Å². The van der Waals surface area contributed by atoms with Gasteiger partial charge in [-0.05, 0) is 72.2 Å². The summed E-state index contributed by atoms with van der Waals surface area (Å²) >= 11 is 0. The summed E-state index contributed by atoms with van der Waals surface area (Å²) in [5.41, 5.74) is 5.21. The molecule has 3 aliphatic rings. The number of benzene rings is 3. The van der Waals surface area contributed by atoms with Gasteiger partial charge in [-0.15, -0.1) is 0 Å². The number of epoxide rings is 2. The number of hydrogen-bond acceptors (Lipinski definition) is 6. The van der Waals surface area contributed by atoms with E-state index in [0.29, 0.717) is 38.6 Å². The summed E-state index contributed by atoms with van der Waals surface area (Å²) in [5.74, 6) is 1.81. The fourth-order valence-corrected chi connectivity index (χ4v) is 6.75. The molecule has 0 aromatic heterocycles. The predicted molar refractivity (Wildman–Crippen MR) is 177 cm³/mol. The lowest BCUT2D eigenvalue weighted by molar-refractivity contribution is 0.0234. The maximum Gasteiger partial charge on any atom is 0.119 e. The zero-order valence-corrected chi connectivity index (χ0v) is 27.1. The lowest BCUT2D eigenvalue weighted by Gasteiger charge is -2.32. The Morgan fingerprint density at radius 3 is 1.62 bits per heavy atom. The van der Waals surface area contributed by atoms with E-state index in [1.807, 2.05) is 0 Å². The minimum Gasteiger partial charge on any atom is -0.493 e. The first-order valence-electron chi connectivity index (χ1n) is 17.2. The topological polar surface area (TPSA) is 62.0 Å². The lowest BCUT2D eigenvalue weighted by Crippen LogP contribution is -2.26. The van der Waals surface area contributed by atoms with E-state index >= 15 is 0 Å². The van der Waals surface area contributed by atoms with Gasteiger partial charge in [-0.3, -0.25) is 0 Å². The Morgan fingerprint density at radius 1 is 0.667 bits per heavy atom. The van der Waals surface area contributed by atoms with E-state index in [-0.39, 0.29) is 17.6 Å². The molecule has 0 bridgehead atoms. The smallest absolute Gasteiger partial charge is 0.119 e. The Morgan fingerprint density at radius 2 is 1.16 bits per heavy atom. The molecule has 6 nitrogen and oxygen atoms in total. The Hall–Kier alpha value is -2.90. The van der Waals surface area contributed by atoms with Crippen molar-refractivity contribution in [2.45, 2.75) is 95.0 Å². The number of ether oxygens (including phenoxy) is 6. The van der Waals surface area contributed by atoms with Crippen LogP contribution in [0.25, 0.3) is 0 Å². The van der Waals surface area contributed by atoms with Gasteiger partial charge in [0.1, 0.15) is 23.7 Å². The van der Waals surface area contributed by atoms with Gasteiger partial charge in [0.05, 0.1) is 51.8 Å². The van der Waals surface area contributed by atoms with Gasteiger partial charge in [0.15, 0.2) is 0 Å². The molecule has 242 valence electrons. The van der Waals surface area contributed by atoms with E-state index < -0.39 is 0 Å². The molecule has 4 atom stereocenters. The van der Waals surface area contributed by atoms with E-state index in [4.69, 9.17) is 28.4 Å². The van der Waals surface area contributed by atoms with Gasteiger partial charge in [0, 0.05) is 18.3 Å². The van der Waals surface area contributed by atoms with Crippen LogP contribution in [0, 0.1) is 0 Å². The van der Waals surface area contributed by atoms with E-state index in [9.17, 15) is 0 Å². The van der Waals surface area contributed by atoms with Crippen LogP contribution >= 0.6 is 0 Å². The van der Waals surface area contributed by atoms with E-state index in [0.717, 1.165) is 76.1 Å². The summed E-state index contributed by atoms with van der Waals surface area (Å²) in [6.45, 7) is 8.75. The predicted octanol–water partition coefficient (Wildman–Crippen LogP) is 7.67. The molecule has 0 saturated carbocycles. The monoisotopic (exact) mass is 614 g/mol. The van der Waals surface area contributed by atoms with E-state index in [1.165, 1.54) is 22.3 Å². The van der Waals surface area contributed by atoms with Gasteiger partial charge >= 0.3 is 0 Å². The Kier molecular flexibility index (Phi) is 11.1. The largest absolute Gasteiger partial charge is 0.493 e. The van der Waals surface area contributed by atoms with Crippen molar-refractivity contribution < 1.29 is 28.4 Å². The van der Waals surface area contributed by atoms with Gasteiger partial charge in [0.2, 0.25) is 0 Å². The maximum atomic E-state index is 6.20. The highest BCUT2D eigenvalue weighted by Crippen LogP contribution is 2.49. The van der Waals surface area contributed by atoms with Crippen LogP contribution < -0.4 is 9.47 Å². The van der Waals surface area contributed by atoms with Crippen LogP contribution in [0.3, 0.4) is 0 Å². The standard InChI is InChI=1S/C39H50O6/c1-3-7-32(42-25-36-27-44-36)20-23-40-34-15-11-30(12-16-34)39(22-19-29-9-5-6-10-38(29)39)31-13-17-35(18-14-31)41-24-21-33(8-4-2)43-26-37-28-45-37/h5-6,9-18,32-33,36-37H,3-4,7-8,19-28H2,1-2H3. The average molecular weight is 615 g/mol. The molecule has 2 fully saturated rings. The first kappa shape index (κ1) is 32.1. The normalized spacial score (nSPS) is 22.9. The van der Waals surface area contributed by atoms with Crippen LogP contribution in [0.5, 0.6) is 11.5 Å². The third kappa shape index (κ3) is 8.48. The number of rotatable bonds is 20. The second-order valence-electron chi connectivity index (χ2n) is 12.8. The van der Waals surface area contributed by atoms with Gasteiger partial charge in [-0.25, -0.2) is 0 Å². The van der Waals surface area contributed by atoms with Crippen LogP contribution in [-0.2, 0) is 30.8 Å². The summed E-state index contributed by atoms with van der Waals surface area (Å²) in [6, 6.07) is 26.5. The first-order valence-corrected chi connectivity index (χ1v) is 17.2. The molecule has 3 aromatic rings. The molecule has 6 rings (SSSR count). The number of fused-ring (bicyclic) bond motifs is 1. The van der Waals surface area contributed by atoms with Crippen LogP contribution in [0.4, 0.5) is 0 Å². The van der Waals surface area contributed by atoms with Gasteiger partial charge in [-0.1, -0.05) is 75.2 Å². The fourth-order valence-electron chi connectivity index (χ4n) is 6.75.